The summed E-state index contributed by atoms with van der Waals surface area (Å²) in [7, 11) is 0. The third kappa shape index (κ3) is 1.67. The summed E-state index contributed by atoms with van der Waals surface area (Å²) in [5.41, 5.74) is 0.751. The number of nitrogens with zero attached hydrogens (tertiary/aromatic N) is 2. The van der Waals surface area contributed by atoms with Crippen molar-refractivity contribution in [1.82, 2.24) is 4.90 Å². The number of nitriles is 1. The summed E-state index contributed by atoms with van der Waals surface area (Å²) >= 11 is 0. The van der Waals surface area contributed by atoms with Gasteiger partial charge in [0.25, 0.3) is 0 Å². The van der Waals surface area contributed by atoms with Crippen LogP contribution in [-0.2, 0) is 0 Å². The minimum Gasteiger partial charge on any atom is -0.308 e. The van der Waals surface area contributed by atoms with Crippen LogP contribution < -0.4 is 5.32 Å². The third-order valence-corrected chi connectivity index (χ3v) is 2.05. The highest BCUT2D eigenvalue weighted by atomic mass is 16.2. The number of hydrogen-bond acceptors (Lipinski definition) is 2. The zero-order valence-electron chi connectivity index (χ0n) is 7.47. The molecule has 1 saturated heterocycles. The minimum atomic E-state index is -0.237. The van der Waals surface area contributed by atoms with Crippen molar-refractivity contribution < 1.29 is 4.79 Å². The van der Waals surface area contributed by atoms with Crippen LogP contribution in [0.4, 0.5) is 10.5 Å². The normalized spacial score (nSPS) is 18.5. The number of amides is 2. The van der Waals surface area contributed by atoms with Gasteiger partial charge in [-0.3, -0.25) is 0 Å². The number of carbonyl (C=O) groups is 1. The predicted molar refractivity (Wildman–Crippen MR) is 51.6 cm³/mol. The molecule has 1 aliphatic rings. The van der Waals surface area contributed by atoms with Crippen molar-refractivity contribution in [1.29, 1.82) is 5.26 Å². The molecule has 0 bridgehead atoms. The standard InChI is InChI=1S/C10H9N3O/c11-6-9-7-13(9)10(14)12-8-4-2-1-3-5-8/h1-5,9H,7H2,(H,12,14). The van der Waals surface area contributed by atoms with E-state index in [2.05, 4.69) is 5.32 Å². The Balaban J connectivity index is 1.94. The molecule has 0 radical (unpaired) electrons. The Bertz CT molecular complexity index is 382. The first-order valence-corrected chi connectivity index (χ1v) is 4.33. The molecule has 1 aliphatic heterocycles. The van der Waals surface area contributed by atoms with E-state index in [9.17, 15) is 4.79 Å². The number of rotatable bonds is 1. The van der Waals surface area contributed by atoms with Crippen molar-refractivity contribution in [2.75, 3.05) is 11.9 Å². The largest absolute Gasteiger partial charge is 0.323 e. The van der Waals surface area contributed by atoms with Gasteiger partial charge in [-0.15, -0.1) is 0 Å². The van der Waals surface area contributed by atoms with Gasteiger partial charge >= 0.3 is 6.03 Å². The van der Waals surface area contributed by atoms with Crippen LogP contribution >= 0.6 is 0 Å². The van der Waals surface area contributed by atoms with E-state index >= 15 is 0 Å². The Morgan fingerprint density at radius 2 is 2.21 bits per heavy atom. The second-order valence-corrected chi connectivity index (χ2v) is 3.09. The molecule has 1 N–H and O–H groups in total. The van der Waals surface area contributed by atoms with Gasteiger partial charge in [-0.05, 0) is 12.1 Å². The quantitative estimate of drug-likeness (QED) is 0.676. The highest BCUT2D eigenvalue weighted by molar-refractivity contribution is 5.91. The zero-order valence-corrected chi connectivity index (χ0v) is 7.47. The summed E-state index contributed by atoms with van der Waals surface area (Å²) in [6.07, 6.45) is 0. The van der Waals surface area contributed by atoms with Gasteiger partial charge in [0.05, 0.1) is 12.6 Å². The molecule has 70 valence electrons. The molecule has 1 atom stereocenters. The fourth-order valence-corrected chi connectivity index (χ4v) is 1.19. The van der Waals surface area contributed by atoms with E-state index in [4.69, 9.17) is 5.26 Å². The van der Waals surface area contributed by atoms with Crippen LogP contribution in [0.5, 0.6) is 0 Å². The molecular formula is C10H9N3O. The third-order valence-electron chi connectivity index (χ3n) is 2.05. The summed E-state index contributed by atoms with van der Waals surface area (Å²) in [5.74, 6) is 0. The van der Waals surface area contributed by atoms with Crippen LogP contribution in [0.1, 0.15) is 0 Å². The second-order valence-electron chi connectivity index (χ2n) is 3.09. The lowest BCUT2D eigenvalue weighted by molar-refractivity contribution is 0.241. The minimum absolute atomic E-state index is 0.206. The number of urea groups is 1. The molecule has 4 nitrogen and oxygen atoms in total. The van der Waals surface area contributed by atoms with E-state index in [0.29, 0.717) is 6.54 Å². The molecule has 1 unspecified atom stereocenters. The van der Waals surface area contributed by atoms with Gasteiger partial charge in [-0.1, -0.05) is 18.2 Å². The highest BCUT2D eigenvalue weighted by Gasteiger charge is 2.38. The van der Waals surface area contributed by atoms with Crippen molar-refractivity contribution in [3.8, 4) is 6.07 Å². The molecule has 0 aliphatic carbocycles. The molecule has 1 aromatic rings. The maximum atomic E-state index is 11.4. The average Bonchev–Trinajstić information content (AvgIpc) is 2.98. The second kappa shape index (κ2) is 3.38. The molecule has 4 heteroatoms. The maximum absolute atomic E-state index is 11.4. The summed E-state index contributed by atoms with van der Waals surface area (Å²) in [6.45, 7) is 0.537. The molecule has 1 fully saturated rings. The highest BCUT2D eigenvalue weighted by Crippen LogP contribution is 2.18. The van der Waals surface area contributed by atoms with Crippen LogP contribution in [0, 0.1) is 11.3 Å². The fraction of sp³-hybridized carbons (Fsp3) is 0.200. The Kier molecular flexibility index (Phi) is 2.07. The monoisotopic (exact) mass is 187 g/mol. The van der Waals surface area contributed by atoms with Crippen LogP contribution in [0.2, 0.25) is 0 Å². The van der Waals surface area contributed by atoms with E-state index in [-0.39, 0.29) is 12.1 Å². The number of hydrogen-bond donors (Lipinski definition) is 1. The van der Waals surface area contributed by atoms with E-state index in [1.54, 1.807) is 0 Å². The topological polar surface area (TPSA) is 55.9 Å². The Labute approximate surface area is 81.7 Å². The molecular weight excluding hydrogens is 178 g/mol. The Morgan fingerprint density at radius 1 is 1.50 bits per heavy atom. The summed E-state index contributed by atoms with van der Waals surface area (Å²) < 4.78 is 0. The molecule has 1 aromatic carbocycles. The van der Waals surface area contributed by atoms with E-state index in [1.165, 1.54) is 4.90 Å². The van der Waals surface area contributed by atoms with Crippen LogP contribution in [0.25, 0.3) is 0 Å². The number of para-hydroxylation sites is 1. The van der Waals surface area contributed by atoms with Crippen molar-refractivity contribution in [2.24, 2.45) is 0 Å². The molecule has 0 saturated carbocycles. The number of benzene rings is 1. The molecule has 2 amide bonds. The first kappa shape index (κ1) is 8.57. The lowest BCUT2D eigenvalue weighted by atomic mass is 10.3. The van der Waals surface area contributed by atoms with Gasteiger partial charge in [0.1, 0.15) is 6.04 Å². The van der Waals surface area contributed by atoms with Crippen LogP contribution in [0.3, 0.4) is 0 Å². The van der Waals surface area contributed by atoms with Crippen molar-refractivity contribution >= 4 is 11.7 Å². The Morgan fingerprint density at radius 3 is 2.79 bits per heavy atom. The zero-order chi connectivity index (χ0) is 9.97. The van der Waals surface area contributed by atoms with Crippen molar-refractivity contribution in [2.45, 2.75) is 6.04 Å². The fourth-order valence-electron chi connectivity index (χ4n) is 1.19. The number of nitrogens with one attached hydrogen (secondary N) is 1. The SMILES string of the molecule is N#CC1CN1C(=O)Nc1ccccc1. The maximum Gasteiger partial charge on any atom is 0.323 e. The molecule has 1 heterocycles. The molecule has 2 rings (SSSR count). The van der Waals surface area contributed by atoms with Crippen molar-refractivity contribution in [3.63, 3.8) is 0 Å². The van der Waals surface area contributed by atoms with Gasteiger partial charge in [0, 0.05) is 5.69 Å². The lowest BCUT2D eigenvalue weighted by Gasteiger charge is -2.04. The molecule has 14 heavy (non-hydrogen) atoms. The van der Waals surface area contributed by atoms with E-state index < -0.39 is 0 Å². The van der Waals surface area contributed by atoms with Gasteiger partial charge in [0.2, 0.25) is 0 Å². The summed E-state index contributed by atoms with van der Waals surface area (Å²) in [5, 5.41) is 11.2. The van der Waals surface area contributed by atoms with Gasteiger partial charge in [-0.2, -0.15) is 5.26 Å². The van der Waals surface area contributed by atoms with Gasteiger partial charge in [0.15, 0.2) is 0 Å². The smallest absolute Gasteiger partial charge is 0.308 e. The summed E-state index contributed by atoms with van der Waals surface area (Å²) in [6, 6.07) is 10.8. The van der Waals surface area contributed by atoms with E-state index in [0.717, 1.165) is 5.69 Å². The number of carbonyl (C=O) groups excluding carboxylic acids is 1. The lowest BCUT2D eigenvalue weighted by Crippen LogP contribution is -2.20. The molecule has 0 aromatic heterocycles. The van der Waals surface area contributed by atoms with Crippen LogP contribution in [0.15, 0.2) is 30.3 Å². The van der Waals surface area contributed by atoms with Gasteiger partial charge in [-0.25, -0.2) is 4.79 Å². The van der Waals surface area contributed by atoms with Crippen molar-refractivity contribution in [3.05, 3.63) is 30.3 Å². The Hall–Kier alpha value is -2.02. The predicted octanol–water partition coefficient (Wildman–Crippen LogP) is 1.43. The first-order chi connectivity index (χ1) is 6.81. The first-order valence-electron chi connectivity index (χ1n) is 4.33. The van der Waals surface area contributed by atoms with Gasteiger partial charge < -0.3 is 10.2 Å². The summed E-state index contributed by atoms with van der Waals surface area (Å²) in [4.78, 5) is 12.9. The number of anilines is 1. The van der Waals surface area contributed by atoms with E-state index in [1.807, 2.05) is 36.4 Å². The average molecular weight is 187 g/mol. The van der Waals surface area contributed by atoms with Crippen LogP contribution in [-0.4, -0.2) is 23.5 Å². The molecule has 0 spiro atoms.